The quantitative estimate of drug-likeness (QED) is 0.343. The number of hydrogen-bond acceptors (Lipinski definition) is 7. The lowest BCUT2D eigenvalue weighted by atomic mass is 9.87. The number of nitro benzene ring substituents is 1. The average Bonchev–Trinajstić information content (AvgIpc) is 2.86. The molecule has 2 atom stereocenters. The van der Waals surface area contributed by atoms with E-state index in [9.17, 15) is 19.7 Å². The van der Waals surface area contributed by atoms with Gasteiger partial charge in [0.15, 0.2) is 6.10 Å². The fourth-order valence-corrected chi connectivity index (χ4v) is 3.95. The number of rotatable bonds is 7. The van der Waals surface area contributed by atoms with Gasteiger partial charge in [-0.1, -0.05) is 18.2 Å². The highest BCUT2D eigenvalue weighted by molar-refractivity contribution is 6.00. The summed E-state index contributed by atoms with van der Waals surface area (Å²) in [6.07, 6.45) is -0.948. The standard InChI is InChI=1S/C23H27N3O6.ClH/c1-15(27)32-22-18(16-8-10-17(31-4)11-9-16)14-19-20(6-5-7-21(19)26(29)30)25(23(22)28)13-12-24(2)3;/h5-11,18,22H,12-14H2,1-4H3;1H/t18-,22+;/m1./s1. The number of carbonyl (C=O) groups excluding carboxylic acids is 2. The zero-order valence-electron chi connectivity index (χ0n) is 19.0. The van der Waals surface area contributed by atoms with E-state index in [-0.39, 0.29) is 24.5 Å². The third-order valence-electron chi connectivity index (χ3n) is 5.52. The van der Waals surface area contributed by atoms with Crippen LogP contribution in [0.15, 0.2) is 42.5 Å². The van der Waals surface area contributed by atoms with Crippen LogP contribution in [0.4, 0.5) is 11.4 Å². The normalized spacial score (nSPS) is 17.6. The Morgan fingerprint density at radius 2 is 1.88 bits per heavy atom. The molecule has 0 unspecified atom stereocenters. The number of halogens is 1. The Bertz CT molecular complexity index is 1010. The summed E-state index contributed by atoms with van der Waals surface area (Å²) in [5.74, 6) is -0.949. The molecule has 2 aromatic carbocycles. The van der Waals surface area contributed by atoms with Gasteiger partial charge in [0.25, 0.3) is 11.6 Å². The summed E-state index contributed by atoms with van der Waals surface area (Å²) in [7, 11) is 5.30. The third-order valence-corrected chi connectivity index (χ3v) is 5.52. The van der Waals surface area contributed by atoms with Crippen LogP contribution in [0.1, 0.15) is 24.0 Å². The van der Waals surface area contributed by atoms with Crippen molar-refractivity contribution >= 4 is 35.7 Å². The molecule has 0 aliphatic carbocycles. The number of ether oxygens (including phenoxy) is 2. The zero-order chi connectivity index (χ0) is 23.4. The van der Waals surface area contributed by atoms with E-state index in [1.165, 1.54) is 17.9 Å². The van der Waals surface area contributed by atoms with Crippen LogP contribution in [-0.2, 0) is 20.7 Å². The number of fused-ring (bicyclic) bond motifs is 1. The Kier molecular flexibility index (Phi) is 8.78. The van der Waals surface area contributed by atoms with Crippen molar-refractivity contribution in [1.29, 1.82) is 0 Å². The van der Waals surface area contributed by atoms with Gasteiger partial charge in [-0.05, 0) is 44.3 Å². The molecule has 10 heteroatoms. The minimum Gasteiger partial charge on any atom is -0.497 e. The molecule has 1 aliphatic rings. The minimum absolute atomic E-state index is 0. The Hall–Kier alpha value is -3.17. The lowest BCUT2D eigenvalue weighted by molar-refractivity contribution is -0.385. The van der Waals surface area contributed by atoms with Crippen LogP contribution in [0, 0.1) is 10.1 Å². The molecular formula is C23H28ClN3O6. The van der Waals surface area contributed by atoms with E-state index in [2.05, 4.69) is 0 Å². The lowest BCUT2D eigenvalue weighted by Crippen LogP contribution is -2.45. The van der Waals surface area contributed by atoms with Gasteiger partial charge < -0.3 is 19.3 Å². The first-order valence-corrected chi connectivity index (χ1v) is 10.3. The van der Waals surface area contributed by atoms with Gasteiger partial charge in [0.05, 0.1) is 23.3 Å². The van der Waals surface area contributed by atoms with Gasteiger partial charge in [-0.25, -0.2) is 0 Å². The Morgan fingerprint density at radius 1 is 1.21 bits per heavy atom. The highest BCUT2D eigenvalue weighted by Gasteiger charge is 2.42. The van der Waals surface area contributed by atoms with Gasteiger partial charge in [0.2, 0.25) is 0 Å². The van der Waals surface area contributed by atoms with Crippen LogP contribution in [0.25, 0.3) is 0 Å². The van der Waals surface area contributed by atoms with Gasteiger partial charge in [0.1, 0.15) is 5.75 Å². The molecule has 1 heterocycles. The number of anilines is 1. The van der Waals surface area contributed by atoms with E-state index >= 15 is 0 Å². The Balaban J connectivity index is 0.00000385. The molecule has 1 aliphatic heterocycles. The number of carbonyl (C=O) groups is 2. The smallest absolute Gasteiger partial charge is 0.303 e. The second kappa shape index (κ2) is 11.1. The molecule has 0 saturated carbocycles. The lowest BCUT2D eigenvalue weighted by Gasteiger charge is -2.29. The van der Waals surface area contributed by atoms with Gasteiger partial charge in [-0.2, -0.15) is 0 Å². The van der Waals surface area contributed by atoms with Crippen molar-refractivity contribution in [2.24, 2.45) is 0 Å². The first-order valence-electron chi connectivity index (χ1n) is 10.3. The number of esters is 1. The van der Waals surface area contributed by atoms with Crippen molar-refractivity contribution in [2.75, 3.05) is 39.2 Å². The van der Waals surface area contributed by atoms with Crippen LogP contribution in [0.2, 0.25) is 0 Å². The highest BCUT2D eigenvalue weighted by Crippen LogP contribution is 2.40. The van der Waals surface area contributed by atoms with Crippen molar-refractivity contribution in [3.8, 4) is 5.75 Å². The maximum Gasteiger partial charge on any atom is 0.303 e. The molecule has 0 fully saturated rings. The number of benzene rings is 2. The molecule has 1 amide bonds. The average molecular weight is 478 g/mol. The topological polar surface area (TPSA) is 102 Å². The number of nitro groups is 1. The summed E-state index contributed by atoms with van der Waals surface area (Å²) in [5, 5.41) is 11.8. The zero-order valence-corrected chi connectivity index (χ0v) is 19.8. The summed E-state index contributed by atoms with van der Waals surface area (Å²) < 4.78 is 10.7. The van der Waals surface area contributed by atoms with Gasteiger partial charge in [-0.15, -0.1) is 12.4 Å². The third kappa shape index (κ3) is 5.80. The molecule has 0 spiro atoms. The van der Waals surface area contributed by atoms with Crippen molar-refractivity contribution < 1.29 is 24.0 Å². The molecule has 0 aromatic heterocycles. The fraction of sp³-hybridized carbons (Fsp3) is 0.391. The molecule has 178 valence electrons. The fourth-order valence-electron chi connectivity index (χ4n) is 3.95. The predicted octanol–water partition coefficient (Wildman–Crippen LogP) is 3.19. The van der Waals surface area contributed by atoms with E-state index in [4.69, 9.17) is 9.47 Å². The van der Waals surface area contributed by atoms with Crippen LogP contribution in [-0.4, -0.2) is 62.1 Å². The predicted molar refractivity (Wildman–Crippen MR) is 126 cm³/mol. The van der Waals surface area contributed by atoms with Gasteiger partial charge in [-0.3, -0.25) is 19.7 Å². The molecule has 0 N–H and O–H groups in total. The summed E-state index contributed by atoms with van der Waals surface area (Å²) >= 11 is 0. The van der Waals surface area contributed by atoms with Crippen molar-refractivity contribution in [3.05, 3.63) is 63.7 Å². The maximum atomic E-state index is 13.7. The molecule has 2 aromatic rings. The number of nitrogens with zero attached hydrogens (tertiary/aromatic N) is 3. The summed E-state index contributed by atoms with van der Waals surface area (Å²) in [4.78, 5) is 40.4. The van der Waals surface area contributed by atoms with Gasteiger partial charge >= 0.3 is 5.97 Å². The van der Waals surface area contributed by atoms with E-state index in [0.29, 0.717) is 30.1 Å². The number of methoxy groups -OCH3 is 1. The molecular weight excluding hydrogens is 450 g/mol. The van der Waals surface area contributed by atoms with Crippen molar-refractivity contribution in [2.45, 2.75) is 25.4 Å². The summed E-state index contributed by atoms with van der Waals surface area (Å²) in [5.41, 5.74) is 1.58. The van der Waals surface area contributed by atoms with Crippen LogP contribution < -0.4 is 9.64 Å². The van der Waals surface area contributed by atoms with Crippen LogP contribution >= 0.6 is 12.4 Å². The molecule has 0 radical (unpaired) electrons. The Labute approximate surface area is 198 Å². The number of amides is 1. The molecule has 9 nitrogen and oxygen atoms in total. The van der Waals surface area contributed by atoms with Crippen LogP contribution in [0.3, 0.4) is 0 Å². The molecule has 0 saturated heterocycles. The maximum absolute atomic E-state index is 13.7. The van der Waals surface area contributed by atoms with E-state index < -0.39 is 28.8 Å². The van der Waals surface area contributed by atoms with Gasteiger partial charge in [0, 0.05) is 32.0 Å². The second-order valence-electron chi connectivity index (χ2n) is 7.94. The largest absolute Gasteiger partial charge is 0.497 e. The Morgan fingerprint density at radius 3 is 2.42 bits per heavy atom. The van der Waals surface area contributed by atoms with E-state index in [1.54, 1.807) is 43.5 Å². The first kappa shape index (κ1) is 26.1. The van der Waals surface area contributed by atoms with Crippen molar-refractivity contribution in [1.82, 2.24) is 4.90 Å². The molecule has 0 bridgehead atoms. The molecule has 3 rings (SSSR count). The summed E-state index contributed by atoms with van der Waals surface area (Å²) in [6, 6.07) is 11.8. The molecule has 33 heavy (non-hydrogen) atoms. The van der Waals surface area contributed by atoms with E-state index in [0.717, 1.165) is 5.56 Å². The number of hydrogen-bond donors (Lipinski definition) is 0. The monoisotopic (exact) mass is 477 g/mol. The highest BCUT2D eigenvalue weighted by atomic mass is 35.5. The van der Waals surface area contributed by atoms with Crippen molar-refractivity contribution in [3.63, 3.8) is 0 Å². The minimum atomic E-state index is -1.12. The van der Waals surface area contributed by atoms with E-state index in [1.807, 2.05) is 19.0 Å². The first-order chi connectivity index (χ1) is 15.2. The SMILES string of the molecule is COc1ccc([C@H]2Cc3c(cccc3[N+](=O)[O-])N(CCN(C)C)C(=O)[C@H]2OC(C)=O)cc1.Cl. The summed E-state index contributed by atoms with van der Waals surface area (Å²) in [6.45, 7) is 2.09. The second-order valence-corrected chi connectivity index (χ2v) is 7.94. The van der Waals surface area contributed by atoms with Crippen LogP contribution in [0.5, 0.6) is 5.75 Å². The number of likely N-dealkylation sites (N-methyl/N-ethyl adjacent to an activating group) is 1.